The van der Waals surface area contributed by atoms with E-state index in [2.05, 4.69) is 9.97 Å². The molecule has 1 aromatic carbocycles. The zero-order valence-electron chi connectivity index (χ0n) is 9.03. The van der Waals surface area contributed by atoms with E-state index in [9.17, 15) is 4.39 Å². The van der Waals surface area contributed by atoms with Gasteiger partial charge in [-0.05, 0) is 6.07 Å². The van der Waals surface area contributed by atoms with Crippen molar-refractivity contribution in [1.29, 1.82) is 0 Å². The SMILES string of the molecule is Fc1c(Cl)nc(C2COc3ccccc32)nc1Cl. The molecular weight excluding hydrogens is 278 g/mol. The summed E-state index contributed by atoms with van der Waals surface area (Å²) in [5.74, 6) is 0.185. The molecule has 1 unspecified atom stereocenters. The minimum atomic E-state index is -0.797. The van der Waals surface area contributed by atoms with E-state index in [1.165, 1.54) is 0 Å². The summed E-state index contributed by atoms with van der Waals surface area (Å²) < 4.78 is 18.8. The lowest BCUT2D eigenvalue weighted by atomic mass is 10.0. The van der Waals surface area contributed by atoms with Crippen LogP contribution < -0.4 is 4.74 Å². The predicted molar refractivity (Wildman–Crippen MR) is 65.8 cm³/mol. The number of nitrogens with zero attached hydrogens (tertiary/aromatic N) is 2. The molecule has 1 aliphatic rings. The molecule has 0 N–H and O–H groups in total. The second kappa shape index (κ2) is 4.37. The van der Waals surface area contributed by atoms with Crippen molar-refractivity contribution in [3.8, 4) is 5.75 Å². The van der Waals surface area contributed by atoms with Crippen LogP contribution in [0.4, 0.5) is 4.39 Å². The zero-order valence-corrected chi connectivity index (χ0v) is 10.5. The number of ether oxygens (including phenoxy) is 1. The Kier molecular flexibility index (Phi) is 2.84. The van der Waals surface area contributed by atoms with E-state index in [1.807, 2.05) is 24.3 Å². The second-order valence-corrected chi connectivity index (χ2v) is 4.59. The maximum atomic E-state index is 13.3. The normalized spacial score (nSPS) is 17.4. The van der Waals surface area contributed by atoms with Crippen LogP contribution in [-0.4, -0.2) is 16.6 Å². The standard InChI is InChI=1S/C12H7Cl2FN2O/c13-10-9(15)11(14)17-12(16-10)7-5-18-8-4-2-1-3-6(7)8/h1-4,7H,5H2. The summed E-state index contributed by atoms with van der Waals surface area (Å²) in [5.41, 5.74) is 0.955. The van der Waals surface area contributed by atoms with Crippen molar-refractivity contribution >= 4 is 23.2 Å². The lowest BCUT2D eigenvalue weighted by Crippen LogP contribution is -2.09. The van der Waals surface area contributed by atoms with Gasteiger partial charge >= 0.3 is 0 Å². The van der Waals surface area contributed by atoms with Gasteiger partial charge in [0.25, 0.3) is 0 Å². The van der Waals surface area contributed by atoms with E-state index < -0.39 is 5.82 Å². The topological polar surface area (TPSA) is 35.0 Å². The highest BCUT2D eigenvalue weighted by Gasteiger charge is 2.29. The highest BCUT2D eigenvalue weighted by atomic mass is 35.5. The monoisotopic (exact) mass is 284 g/mol. The van der Waals surface area contributed by atoms with Crippen molar-refractivity contribution in [2.24, 2.45) is 0 Å². The van der Waals surface area contributed by atoms with Gasteiger partial charge in [0.1, 0.15) is 18.2 Å². The fourth-order valence-electron chi connectivity index (χ4n) is 1.94. The Labute approximate surface area is 113 Å². The average molecular weight is 285 g/mol. The van der Waals surface area contributed by atoms with E-state index in [0.717, 1.165) is 11.3 Å². The van der Waals surface area contributed by atoms with Crippen molar-refractivity contribution in [1.82, 2.24) is 9.97 Å². The number of hydrogen-bond donors (Lipinski definition) is 0. The molecule has 0 bridgehead atoms. The van der Waals surface area contributed by atoms with Gasteiger partial charge in [0.2, 0.25) is 0 Å². The molecule has 1 atom stereocenters. The van der Waals surface area contributed by atoms with Gasteiger partial charge in [-0.2, -0.15) is 0 Å². The lowest BCUT2D eigenvalue weighted by molar-refractivity contribution is 0.339. The van der Waals surface area contributed by atoms with Crippen LogP contribution in [0.5, 0.6) is 5.75 Å². The quantitative estimate of drug-likeness (QED) is 0.753. The number of halogens is 3. The van der Waals surface area contributed by atoms with Crippen LogP contribution in [0.3, 0.4) is 0 Å². The molecule has 92 valence electrons. The first kappa shape index (κ1) is 11.7. The maximum absolute atomic E-state index is 13.3. The Balaban J connectivity index is 2.08. The number of fused-ring (bicyclic) bond motifs is 1. The molecule has 0 spiro atoms. The molecule has 1 aliphatic heterocycles. The van der Waals surface area contributed by atoms with Crippen LogP contribution in [-0.2, 0) is 0 Å². The van der Waals surface area contributed by atoms with Gasteiger partial charge in [-0.15, -0.1) is 0 Å². The molecule has 0 fully saturated rings. The van der Waals surface area contributed by atoms with E-state index >= 15 is 0 Å². The summed E-state index contributed by atoms with van der Waals surface area (Å²) in [5, 5.41) is -0.538. The molecule has 0 amide bonds. The van der Waals surface area contributed by atoms with Crippen LogP contribution in [0, 0.1) is 5.82 Å². The molecular formula is C12H7Cl2FN2O. The molecule has 2 heterocycles. The Morgan fingerprint density at radius 3 is 2.56 bits per heavy atom. The summed E-state index contributed by atoms with van der Waals surface area (Å²) in [6, 6.07) is 7.56. The third kappa shape index (κ3) is 1.82. The van der Waals surface area contributed by atoms with E-state index in [-0.39, 0.29) is 16.2 Å². The Morgan fingerprint density at radius 2 is 1.83 bits per heavy atom. The highest BCUT2D eigenvalue weighted by molar-refractivity contribution is 6.33. The van der Waals surface area contributed by atoms with Gasteiger partial charge in [-0.1, -0.05) is 41.4 Å². The average Bonchev–Trinajstić information content (AvgIpc) is 2.79. The first-order chi connectivity index (χ1) is 8.66. The smallest absolute Gasteiger partial charge is 0.197 e. The van der Waals surface area contributed by atoms with Crippen molar-refractivity contribution < 1.29 is 9.13 Å². The van der Waals surface area contributed by atoms with Gasteiger partial charge < -0.3 is 4.74 Å². The molecule has 0 aliphatic carbocycles. The first-order valence-corrected chi connectivity index (χ1v) is 6.02. The van der Waals surface area contributed by atoms with Crippen molar-refractivity contribution in [3.63, 3.8) is 0 Å². The van der Waals surface area contributed by atoms with Crippen LogP contribution >= 0.6 is 23.2 Å². The molecule has 2 aromatic rings. The Morgan fingerprint density at radius 1 is 1.17 bits per heavy atom. The third-order valence-corrected chi connectivity index (χ3v) is 3.30. The van der Waals surface area contributed by atoms with Crippen molar-refractivity contribution in [3.05, 3.63) is 51.8 Å². The molecule has 18 heavy (non-hydrogen) atoms. The van der Waals surface area contributed by atoms with Crippen molar-refractivity contribution in [2.45, 2.75) is 5.92 Å². The van der Waals surface area contributed by atoms with Gasteiger partial charge in [0.05, 0.1) is 5.92 Å². The summed E-state index contributed by atoms with van der Waals surface area (Å²) in [4.78, 5) is 7.86. The largest absolute Gasteiger partial charge is 0.492 e. The van der Waals surface area contributed by atoms with E-state index in [4.69, 9.17) is 27.9 Å². The number of aromatic nitrogens is 2. The second-order valence-electron chi connectivity index (χ2n) is 3.88. The van der Waals surface area contributed by atoms with Gasteiger partial charge in [-0.3, -0.25) is 0 Å². The van der Waals surface area contributed by atoms with Crippen molar-refractivity contribution in [2.75, 3.05) is 6.61 Å². The summed E-state index contributed by atoms with van der Waals surface area (Å²) in [7, 11) is 0. The fraction of sp³-hybridized carbons (Fsp3) is 0.167. The fourth-order valence-corrected chi connectivity index (χ4v) is 2.34. The number of rotatable bonds is 1. The minimum absolute atomic E-state index is 0.170. The van der Waals surface area contributed by atoms with Crippen LogP contribution in [0.25, 0.3) is 0 Å². The number of hydrogen-bond acceptors (Lipinski definition) is 3. The third-order valence-electron chi connectivity index (χ3n) is 2.80. The molecule has 0 saturated carbocycles. The highest BCUT2D eigenvalue weighted by Crippen LogP contribution is 2.37. The summed E-state index contributed by atoms with van der Waals surface area (Å²) in [6.07, 6.45) is 0. The van der Waals surface area contributed by atoms with Crippen LogP contribution in [0.2, 0.25) is 10.3 Å². The van der Waals surface area contributed by atoms with Gasteiger partial charge in [-0.25, -0.2) is 14.4 Å². The van der Waals surface area contributed by atoms with Gasteiger partial charge in [0, 0.05) is 5.56 Å². The van der Waals surface area contributed by atoms with E-state index in [0.29, 0.717) is 12.4 Å². The summed E-state index contributed by atoms with van der Waals surface area (Å²) in [6.45, 7) is 0.400. The van der Waals surface area contributed by atoms with Crippen LogP contribution in [0.15, 0.2) is 24.3 Å². The molecule has 0 radical (unpaired) electrons. The Bertz CT molecular complexity index is 598. The Hall–Kier alpha value is -1.39. The zero-order chi connectivity index (χ0) is 12.7. The molecule has 3 rings (SSSR count). The van der Waals surface area contributed by atoms with Crippen LogP contribution in [0.1, 0.15) is 17.3 Å². The number of para-hydroxylation sites is 1. The molecule has 1 aromatic heterocycles. The maximum Gasteiger partial charge on any atom is 0.197 e. The molecule has 6 heteroatoms. The predicted octanol–water partition coefficient (Wildman–Crippen LogP) is 3.45. The number of benzene rings is 1. The lowest BCUT2D eigenvalue weighted by Gasteiger charge is -2.08. The van der Waals surface area contributed by atoms with Gasteiger partial charge in [0.15, 0.2) is 16.1 Å². The first-order valence-electron chi connectivity index (χ1n) is 5.27. The molecule has 0 saturated heterocycles. The molecule has 3 nitrogen and oxygen atoms in total. The van der Waals surface area contributed by atoms with E-state index in [1.54, 1.807) is 0 Å². The minimum Gasteiger partial charge on any atom is -0.492 e. The summed E-state index contributed by atoms with van der Waals surface area (Å²) >= 11 is 11.3.